The summed E-state index contributed by atoms with van der Waals surface area (Å²) in [4.78, 5) is 12.2. The third kappa shape index (κ3) is 2.72. The lowest BCUT2D eigenvalue weighted by molar-refractivity contribution is 0.0717. The summed E-state index contributed by atoms with van der Waals surface area (Å²) in [5.41, 5.74) is 2.85. The number of aliphatic hydroxyl groups is 1. The molecule has 1 amide bonds. The van der Waals surface area contributed by atoms with Crippen molar-refractivity contribution in [2.75, 3.05) is 0 Å². The maximum Gasteiger partial charge on any atom is 0.251 e. The molecule has 98 valence electrons. The SMILES string of the molecule is Cc1cccc(C(=O)N[C@H]2CCCC[C@@H]2O)c1C. The minimum Gasteiger partial charge on any atom is -0.391 e. The Bertz CT molecular complexity index is 442. The molecule has 0 radical (unpaired) electrons. The van der Waals surface area contributed by atoms with E-state index in [-0.39, 0.29) is 11.9 Å². The summed E-state index contributed by atoms with van der Waals surface area (Å²) >= 11 is 0. The molecule has 2 atom stereocenters. The molecule has 1 aliphatic rings. The van der Waals surface area contributed by atoms with Gasteiger partial charge in [-0.2, -0.15) is 0 Å². The number of aryl methyl sites for hydroxylation is 1. The second-order valence-electron chi connectivity index (χ2n) is 5.18. The van der Waals surface area contributed by atoms with Gasteiger partial charge in [-0.15, -0.1) is 0 Å². The molecular formula is C15H21NO2. The lowest BCUT2D eigenvalue weighted by Gasteiger charge is -2.28. The van der Waals surface area contributed by atoms with Crippen molar-refractivity contribution >= 4 is 5.91 Å². The molecule has 2 rings (SSSR count). The normalized spacial score (nSPS) is 23.7. The Labute approximate surface area is 108 Å². The first-order valence-corrected chi connectivity index (χ1v) is 6.64. The van der Waals surface area contributed by atoms with Gasteiger partial charge in [0, 0.05) is 5.56 Å². The van der Waals surface area contributed by atoms with Gasteiger partial charge in [0.1, 0.15) is 0 Å². The Balaban J connectivity index is 2.09. The summed E-state index contributed by atoms with van der Waals surface area (Å²) in [7, 11) is 0. The Morgan fingerprint density at radius 3 is 2.72 bits per heavy atom. The molecule has 0 unspecified atom stereocenters. The van der Waals surface area contributed by atoms with Crippen molar-refractivity contribution in [3.8, 4) is 0 Å². The summed E-state index contributed by atoms with van der Waals surface area (Å²) in [6.07, 6.45) is 3.40. The third-order valence-corrected chi connectivity index (χ3v) is 3.90. The van der Waals surface area contributed by atoms with Crippen molar-refractivity contribution in [3.05, 3.63) is 34.9 Å². The fourth-order valence-corrected chi connectivity index (χ4v) is 2.52. The van der Waals surface area contributed by atoms with Gasteiger partial charge >= 0.3 is 0 Å². The lowest BCUT2D eigenvalue weighted by atomic mass is 9.92. The van der Waals surface area contributed by atoms with Crippen molar-refractivity contribution in [1.29, 1.82) is 0 Å². The number of aliphatic hydroxyl groups excluding tert-OH is 1. The van der Waals surface area contributed by atoms with Crippen LogP contribution in [0, 0.1) is 13.8 Å². The number of benzene rings is 1. The van der Waals surface area contributed by atoms with Gasteiger partial charge in [0.2, 0.25) is 0 Å². The highest BCUT2D eigenvalue weighted by molar-refractivity contribution is 5.96. The molecule has 3 nitrogen and oxygen atoms in total. The van der Waals surface area contributed by atoms with E-state index in [4.69, 9.17) is 0 Å². The van der Waals surface area contributed by atoms with Crippen molar-refractivity contribution in [1.82, 2.24) is 5.32 Å². The van der Waals surface area contributed by atoms with Gasteiger partial charge in [0.25, 0.3) is 5.91 Å². The summed E-state index contributed by atoms with van der Waals surface area (Å²) in [6.45, 7) is 3.96. The van der Waals surface area contributed by atoms with Crippen LogP contribution in [-0.4, -0.2) is 23.2 Å². The first-order chi connectivity index (χ1) is 8.59. The standard InChI is InChI=1S/C15H21NO2/c1-10-6-5-7-12(11(10)2)15(18)16-13-8-3-4-9-14(13)17/h5-7,13-14,17H,3-4,8-9H2,1-2H3,(H,16,18)/t13-,14-/m0/s1. The molecule has 1 aromatic rings. The smallest absolute Gasteiger partial charge is 0.251 e. The van der Waals surface area contributed by atoms with Crippen LogP contribution in [-0.2, 0) is 0 Å². The molecule has 3 heteroatoms. The zero-order valence-electron chi connectivity index (χ0n) is 11.1. The van der Waals surface area contributed by atoms with Crippen molar-refractivity contribution in [2.24, 2.45) is 0 Å². The zero-order chi connectivity index (χ0) is 13.1. The van der Waals surface area contributed by atoms with Crippen LogP contribution in [0.15, 0.2) is 18.2 Å². The Kier molecular flexibility index (Phi) is 4.02. The summed E-state index contributed by atoms with van der Waals surface area (Å²) in [5, 5.41) is 12.8. The average Bonchev–Trinajstić information content (AvgIpc) is 2.35. The monoisotopic (exact) mass is 247 g/mol. The van der Waals surface area contributed by atoms with Crippen LogP contribution in [0.4, 0.5) is 0 Å². The van der Waals surface area contributed by atoms with E-state index in [1.165, 1.54) is 0 Å². The van der Waals surface area contributed by atoms with E-state index in [0.717, 1.165) is 36.8 Å². The van der Waals surface area contributed by atoms with Gasteiger partial charge in [-0.3, -0.25) is 4.79 Å². The topological polar surface area (TPSA) is 49.3 Å². The molecule has 1 saturated carbocycles. The highest BCUT2D eigenvalue weighted by atomic mass is 16.3. The fraction of sp³-hybridized carbons (Fsp3) is 0.533. The number of hydrogen-bond acceptors (Lipinski definition) is 2. The molecule has 0 aliphatic heterocycles. The summed E-state index contributed by atoms with van der Waals surface area (Å²) in [6, 6.07) is 5.65. The highest BCUT2D eigenvalue weighted by Crippen LogP contribution is 2.19. The number of rotatable bonds is 2. The quantitative estimate of drug-likeness (QED) is 0.842. The molecule has 0 bridgehead atoms. The number of carbonyl (C=O) groups is 1. The molecular weight excluding hydrogens is 226 g/mol. The molecule has 1 aliphatic carbocycles. The molecule has 1 aromatic carbocycles. The maximum absolute atomic E-state index is 12.2. The molecule has 0 saturated heterocycles. The van der Waals surface area contributed by atoms with Gasteiger partial charge in [0.05, 0.1) is 12.1 Å². The van der Waals surface area contributed by atoms with E-state index in [9.17, 15) is 9.90 Å². The second-order valence-corrected chi connectivity index (χ2v) is 5.18. The molecule has 0 spiro atoms. The van der Waals surface area contributed by atoms with Crippen LogP contribution in [0.5, 0.6) is 0 Å². The van der Waals surface area contributed by atoms with Crippen LogP contribution in [0.1, 0.15) is 47.2 Å². The van der Waals surface area contributed by atoms with Gasteiger partial charge in [-0.25, -0.2) is 0 Å². The molecule has 2 N–H and O–H groups in total. The number of hydrogen-bond donors (Lipinski definition) is 2. The average molecular weight is 247 g/mol. The van der Waals surface area contributed by atoms with Gasteiger partial charge in [0.15, 0.2) is 0 Å². The van der Waals surface area contributed by atoms with E-state index < -0.39 is 6.10 Å². The van der Waals surface area contributed by atoms with Gasteiger partial charge in [-0.05, 0) is 43.9 Å². The first-order valence-electron chi connectivity index (χ1n) is 6.64. The predicted octanol–water partition coefficient (Wildman–Crippen LogP) is 2.34. The minimum absolute atomic E-state index is 0.0675. The van der Waals surface area contributed by atoms with E-state index in [0.29, 0.717) is 5.56 Å². The zero-order valence-corrected chi connectivity index (χ0v) is 11.1. The van der Waals surface area contributed by atoms with Crippen molar-refractivity contribution in [2.45, 2.75) is 51.7 Å². The molecule has 0 heterocycles. The largest absolute Gasteiger partial charge is 0.391 e. The van der Waals surface area contributed by atoms with Crippen LogP contribution >= 0.6 is 0 Å². The van der Waals surface area contributed by atoms with Crippen LogP contribution in [0.3, 0.4) is 0 Å². The van der Waals surface area contributed by atoms with Gasteiger partial charge in [-0.1, -0.05) is 25.0 Å². The first kappa shape index (κ1) is 13.1. The maximum atomic E-state index is 12.2. The van der Waals surface area contributed by atoms with E-state index in [2.05, 4.69) is 5.32 Å². The van der Waals surface area contributed by atoms with Crippen LogP contribution in [0.25, 0.3) is 0 Å². The predicted molar refractivity (Wildman–Crippen MR) is 71.6 cm³/mol. The minimum atomic E-state index is -0.396. The highest BCUT2D eigenvalue weighted by Gasteiger charge is 2.25. The molecule has 0 aromatic heterocycles. The number of carbonyl (C=O) groups excluding carboxylic acids is 1. The van der Waals surface area contributed by atoms with Crippen LogP contribution < -0.4 is 5.32 Å². The molecule has 18 heavy (non-hydrogen) atoms. The Hall–Kier alpha value is -1.35. The summed E-state index contributed by atoms with van der Waals surface area (Å²) in [5.74, 6) is -0.0675. The number of amides is 1. The fourth-order valence-electron chi connectivity index (χ4n) is 2.52. The third-order valence-electron chi connectivity index (χ3n) is 3.90. The summed E-state index contributed by atoms with van der Waals surface area (Å²) < 4.78 is 0. The Morgan fingerprint density at radius 2 is 2.00 bits per heavy atom. The molecule has 1 fully saturated rings. The lowest BCUT2D eigenvalue weighted by Crippen LogP contribution is -2.45. The number of nitrogens with one attached hydrogen (secondary N) is 1. The van der Waals surface area contributed by atoms with Crippen molar-refractivity contribution in [3.63, 3.8) is 0 Å². The van der Waals surface area contributed by atoms with Crippen LogP contribution in [0.2, 0.25) is 0 Å². The van der Waals surface area contributed by atoms with Gasteiger partial charge < -0.3 is 10.4 Å². The van der Waals surface area contributed by atoms with E-state index >= 15 is 0 Å². The second kappa shape index (κ2) is 5.53. The van der Waals surface area contributed by atoms with Crippen molar-refractivity contribution < 1.29 is 9.90 Å². The Morgan fingerprint density at radius 1 is 1.28 bits per heavy atom. The van der Waals surface area contributed by atoms with E-state index in [1.807, 2.05) is 32.0 Å². The van der Waals surface area contributed by atoms with E-state index in [1.54, 1.807) is 0 Å².